The average molecular weight is 303 g/mol. The Hall–Kier alpha value is -0.980. The van der Waals surface area contributed by atoms with Crippen molar-refractivity contribution in [1.82, 2.24) is 0 Å². The second-order valence-corrected chi connectivity index (χ2v) is 3.91. The van der Waals surface area contributed by atoms with Crippen molar-refractivity contribution < 1.29 is 27.4 Å². The second kappa shape index (κ2) is 6.26. The molecule has 0 spiro atoms. The van der Waals surface area contributed by atoms with Crippen molar-refractivity contribution in [3.63, 3.8) is 0 Å². The largest absolute Gasteiger partial charge is 0.522 e. The van der Waals surface area contributed by atoms with Crippen LogP contribution in [0.5, 0.6) is 5.75 Å². The van der Waals surface area contributed by atoms with Gasteiger partial charge in [-0.2, -0.15) is 0 Å². The van der Waals surface area contributed by atoms with Crippen LogP contribution in [0.2, 0.25) is 10.0 Å². The molecule has 0 radical (unpaired) electrons. The SMILES string of the molecule is O=Cc1cc(Cl)cc(Cl)c1OCCOC(F)(F)F. The number of aldehydes is 1. The topological polar surface area (TPSA) is 35.5 Å². The molecule has 0 aromatic heterocycles. The van der Waals surface area contributed by atoms with Gasteiger partial charge in [-0.05, 0) is 12.1 Å². The van der Waals surface area contributed by atoms with Crippen molar-refractivity contribution in [2.75, 3.05) is 13.2 Å². The molecule has 3 nitrogen and oxygen atoms in total. The molecule has 0 atom stereocenters. The summed E-state index contributed by atoms with van der Waals surface area (Å²) in [6, 6.07) is 2.61. The molecule has 0 amide bonds. The zero-order chi connectivity index (χ0) is 13.8. The molecule has 0 bridgehead atoms. The Morgan fingerprint density at radius 1 is 1.22 bits per heavy atom. The van der Waals surface area contributed by atoms with Gasteiger partial charge < -0.3 is 4.74 Å². The van der Waals surface area contributed by atoms with Gasteiger partial charge in [-0.15, -0.1) is 13.2 Å². The average Bonchev–Trinajstić information content (AvgIpc) is 2.24. The Morgan fingerprint density at radius 3 is 2.44 bits per heavy atom. The molecule has 1 aromatic rings. The predicted molar refractivity (Wildman–Crippen MR) is 59.4 cm³/mol. The van der Waals surface area contributed by atoms with Gasteiger partial charge >= 0.3 is 6.36 Å². The van der Waals surface area contributed by atoms with Gasteiger partial charge in [0.1, 0.15) is 12.4 Å². The van der Waals surface area contributed by atoms with Crippen molar-refractivity contribution in [3.8, 4) is 5.75 Å². The maximum absolute atomic E-state index is 11.7. The molecule has 0 saturated carbocycles. The van der Waals surface area contributed by atoms with E-state index in [0.29, 0.717) is 6.29 Å². The van der Waals surface area contributed by atoms with Crippen molar-refractivity contribution in [1.29, 1.82) is 0 Å². The molecule has 100 valence electrons. The van der Waals surface area contributed by atoms with Gasteiger partial charge in [0.2, 0.25) is 0 Å². The van der Waals surface area contributed by atoms with E-state index in [4.69, 9.17) is 27.9 Å². The number of benzene rings is 1. The number of hydrogen-bond acceptors (Lipinski definition) is 3. The van der Waals surface area contributed by atoms with Crippen LogP contribution in [-0.2, 0) is 4.74 Å². The number of hydrogen-bond donors (Lipinski definition) is 0. The molecule has 0 N–H and O–H groups in total. The van der Waals surface area contributed by atoms with E-state index in [1.165, 1.54) is 12.1 Å². The van der Waals surface area contributed by atoms with E-state index >= 15 is 0 Å². The molecule has 0 saturated heterocycles. The van der Waals surface area contributed by atoms with Crippen LogP contribution in [0, 0.1) is 0 Å². The lowest BCUT2D eigenvalue weighted by molar-refractivity contribution is -0.325. The lowest BCUT2D eigenvalue weighted by Gasteiger charge is -2.11. The first-order valence-electron chi connectivity index (χ1n) is 4.61. The van der Waals surface area contributed by atoms with Crippen molar-refractivity contribution in [2.45, 2.75) is 6.36 Å². The van der Waals surface area contributed by atoms with Crippen molar-refractivity contribution in [3.05, 3.63) is 27.7 Å². The van der Waals surface area contributed by atoms with Gasteiger partial charge in [0.25, 0.3) is 0 Å². The van der Waals surface area contributed by atoms with Crippen LogP contribution in [0.25, 0.3) is 0 Å². The van der Waals surface area contributed by atoms with E-state index < -0.39 is 19.6 Å². The molecule has 0 heterocycles. The first-order valence-corrected chi connectivity index (χ1v) is 5.37. The van der Waals surface area contributed by atoms with E-state index in [2.05, 4.69) is 4.74 Å². The van der Waals surface area contributed by atoms with E-state index in [1.807, 2.05) is 0 Å². The molecule has 1 aromatic carbocycles. The molecule has 0 aliphatic rings. The lowest BCUT2D eigenvalue weighted by Crippen LogP contribution is -2.18. The summed E-state index contributed by atoms with van der Waals surface area (Å²) in [6.07, 6.45) is -4.28. The van der Waals surface area contributed by atoms with Gasteiger partial charge in [0.15, 0.2) is 6.29 Å². The third-order valence-electron chi connectivity index (χ3n) is 1.76. The molecule has 0 fully saturated rings. The van der Waals surface area contributed by atoms with E-state index in [1.54, 1.807) is 0 Å². The third kappa shape index (κ3) is 4.72. The van der Waals surface area contributed by atoms with Gasteiger partial charge in [0, 0.05) is 5.02 Å². The summed E-state index contributed by atoms with van der Waals surface area (Å²) in [5, 5.41) is 0.262. The zero-order valence-electron chi connectivity index (χ0n) is 8.76. The summed E-state index contributed by atoms with van der Waals surface area (Å²) >= 11 is 11.4. The first kappa shape index (κ1) is 15.1. The first-order chi connectivity index (χ1) is 8.33. The Balaban J connectivity index is 2.65. The normalized spacial score (nSPS) is 11.4. The molecular formula is C10H7Cl2F3O3. The molecule has 1 rings (SSSR count). The highest BCUT2D eigenvalue weighted by molar-refractivity contribution is 6.36. The van der Waals surface area contributed by atoms with Crippen molar-refractivity contribution in [2.24, 2.45) is 0 Å². The van der Waals surface area contributed by atoms with Crippen LogP contribution >= 0.6 is 23.2 Å². The fourth-order valence-corrected chi connectivity index (χ4v) is 1.68. The highest BCUT2D eigenvalue weighted by Crippen LogP contribution is 2.31. The third-order valence-corrected chi connectivity index (χ3v) is 2.26. The zero-order valence-corrected chi connectivity index (χ0v) is 10.3. The summed E-state index contributed by atoms with van der Waals surface area (Å²) in [5.41, 5.74) is 0.0551. The number of carbonyl (C=O) groups excluding carboxylic acids is 1. The molecule has 0 aliphatic heterocycles. The minimum atomic E-state index is -4.72. The van der Waals surface area contributed by atoms with Crippen LogP contribution in [-0.4, -0.2) is 25.9 Å². The van der Waals surface area contributed by atoms with Crippen LogP contribution in [0.1, 0.15) is 10.4 Å². The minimum absolute atomic E-state index is 0.0261. The summed E-state index contributed by atoms with van der Waals surface area (Å²) in [4.78, 5) is 10.7. The maximum Gasteiger partial charge on any atom is 0.522 e. The number of halogens is 5. The summed E-state index contributed by atoms with van der Waals surface area (Å²) < 4.78 is 43.5. The standard InChI is InChI=1S/C10H7Cl2F3O3/c11-7-3-6(5-16)9(8(12)4-7)17-1-2-18-10(13,14)15/h3-5H,1-2H2. The number of alkyl halides is 3. The van der Waals surface area contributed by atoms with Crippen molar-refractivity contribution >= 4 is 29.5 Å². The summed E-state index contributed by atoms with van der Waals surface area (Å²) in [5.74, 6) is -0.0261. The monoisotopic (exact) mass is 302 g/mol. The van der Waals surface area contributed by atoms with Crippen LogP contribution in [0.4, 0.5) is 13.2 Å². The van der Waals surface area contributed by atoms with Gasteiger partial charge in [-0.1, -0.05) is 23.2 Å². The molecule has 8 heteroatoms. The van der Waals surface area contributed by atoms with Gasteiger partial charge in [-0.3, -0.25) is 9.53 Å². The fraction of sp³-hybridized carbons (Fsp3) is 0.300. The highest BCUT2D eigenvalue weighted by Gasteiger charge is 2.28. The van der Waals surface area contributed by atoms with Crippen LogP contribution < -0.4 is 4.74 Å². The molecule has 18 heavy (non-hydrogen) atoms. The Kier molecular flexibility index (Phi) is 5.25. The quantitative estimate of drug-likeness (QED) is 0.614. The number of carbonyl (C=O) groups is 1. The lowest BCUT2D eigenvalue weighted by atomic mass is 10.2. The number of rotatable bonds is 5. The highest BCUT2D eigenvalue weighted by atomic mass is 35.5. The maximum atomic E-state index is 11.7. The van der Waals surface area contributed by atoms with Crippen LogP contribution in [0.15, 0.2) is 12.1 Å². The Bertz CT molecular complexity index is 435. The number of ether oxygens (including phenoxy) is 2. The Morgan fingerprint density at radius 2 is 1.89 bits per heavy atom. The second-order valence-electron chi connectivity index (χ2n) is 3.07. The van der Waals surface area contributed by atoms with Gasteiger partial charge in [-0.25, -0.2) is 0 Å². The predicted octanol–water partition coefficient (Wildman–Crippen LogP) is 3.72. The fourth-order valence-electron chi connectivity index (χ4n) is 1.12. The van der Waals surface area contributed by atoms with Gasteiger partial charge in [0.05, 0.1) is 17.2 Å². The van der Waals surface area contributed by atoms with Crippen LogP contribution in [0.3, 0.4) is 0 Å². The smallest absolute Gasteiger partial charge is 0.489 e. The molecule has 0 aliphatic carbocycles. The molecule has 0 unspecified atom stereocenters. The van der Waals surface area contributed by atoms with E-state index in [-0.39, 0.29) is 21.4 Å². The summed E-state index contributed by atoms with van der Waals surface area (Å²) in [7, 11) is 0. The summed E-state index contributed by atoms with van der Waals surface area (Å²) in [6.45, 7) is -1.11. The molecular weight excluding hydrogens is 296 g/mol. The Labute approximate surface area is 110 Å². The van der Waals surface area contributed by atoms with E-state index in [9.17, 15) is 18.0 Å². The van der Waals surface area contributed by atoms with E-state index in [0.717, 1.165) is 0 Å². The minimum Gasteiger partial charge on any atom is -0.489 e.